The Morgan fingerprint density at radius 2 is 1.89 bits per heavy atom. The third-order valence-corrected chi connectivity index (χ3v) is 5.57. The summed E-state index contributed by atoms with van der Waals surface area (Å²) in [6.07, 6.45) is 2.61. The number of methoxy groups -OCH3 is 1. The number of hydrogen-bond acceptors (Lipinski definition) is 4. The SMILES string of the molecule is COC[C@H](C)NC(=O)CN1CCC(C(=O)N2CCc3ccccc3C2)CC1. The molecule has 0 radical (unpaired) electrons. The topological polar surface area (TPSA) is 61.9 Å². The van der Waals surface area contributed by atoms with E-state index in [1.807, 2.05) is 17.9 Å². The van der Waals surface area contributed by atoms with Crippen LogP contribution < -0.4 is 5.32 Å². The van der Waals surface area contributed by atoms with E-state index in [0.717, 1.165) is 45.4 Å². The molecule has 0 spiro atoms. The van der Waals surface area contributed by atoms with Crippen LogP contribution in [0, 0.1) is 5.92 Å². The first-order chi connectivity index (χ1) is 13.1. The van der Waals surface area contributed by atoms with Crippen LogP contribution in [-0.4, -0.2) is 67.6 Å². The first-order valence-electron chi connectivity index (χ1n) is 9.93. The molecule has 3 rings (SSSR count). The van der Waals surface area contributed by atoms with Crippen molar-refractivity contribution < 1.29 is 14.3 Å². The molecule has 2 aliphatic heterocycles. The summed E-state index contributed by atoms with van der Waals surface area (Å²) in [5, 5.41) is 2.94. The van der Waals surface area contributed by atoms with E-state index < -0.39 is 0 Å². The van der Waals surface area contributed by atoms with Crippen molar-refractivity contribution in [3.05, 3.63) is 35.4 Å². The molecule has 1 N–H and O–H groups in total. The van der Waals surface area contributed by atoms with Crippen molar-refractivity contribution in [2.45, 2.75) is 38.8 Å². The van der Waals surface area contributed by atoms with Gasteiger partial charge in [0.2, 0.25) is 11.8 Å². The van der Waals surface area contributed by atoms with Crippen LogP contribution in [0.4, 0.5) is 0 Å². The van der Waals surface area contributed by atoms with Crippen molar-refractivity contribution in [3.8, 4) is 0 Å². The van der Waals surface area contributed by atoms with Gasteiger partial charge in [-0.1, -0.05) is 24.3 Å². The van der Waals surface area contributed by atoms with Crippen LogP contribution in [0.2, 0.25) is 0 Å². The summed E-state index contributed by atoms with van der Waals surface area (Å²) < 4.78 is 5.04. The smallest absolute Gasteiger partial charge is 0.234 e. The fourth-order valence-electron chi connectivity index (χ4n) is 4.10. The second-order valence-electron chi connectivity index (χ2n) is 7.75. The lowest BCUT2D eigenvalue weighted by Gasteiger charge is -2.36. The second kappa shape index (κ2) is 9.33. The molecular formula is C21H31N3O3. The van der Waals surface area contributed by atoms with Gasteiger partial charge in [0.1, 0.15) is 0 Å². The molecule has 1 aromatic rings. The Balaban J connectivity index is 1.44. The molecule has 2 heterocycles. The minimum absolute atomic E-state index is 0.0172. The molecule has 1 aromatic carbocycles. The van der Waals surface area contributed by atoms with Gasteiger partial charge < -0.3 is 15.0 Å². The second-order valence-corrected chi connectivity index (χ2v) is 7.75. The minimum atomic E-state index is 0.0172. The summed E-state index contributed by atoms with van der Waals surface area (Å²) in [7, 11) is 1.63. The van der Waals surface area contributed by atoms with Gasteiger partial charge in [0.15, 0.2) is 0 Å². The standard InChI is InChI=1S/C21H31N3O3/c1-16(15-27-2)22-20(25)14-23-10-7-18(8-11-23)21(26)24-12-9-17-5-3-4-6-19(17)13-24/h3-6,16,18H,7-15H2,1-2H3,(H,22,25)/t16-/m0/s1. The Morgan fingerprint density at radius 1 is 1.19 bits per heavy atom. The number of amides is 2. The Hall–Kier alpha value is -1.92. The average Bonchev–Trinajstić information content (AvgIpc) is 2.67. The maximum atomic E-state index is 12.9. The van der Waals surface area contributed by atoms with Crippen molar-refractivity contribution in [3.63, 3.8) is 0 Å². The van der Waals surface area contributed by atoms with Crippen molar-refractivity contribution in [1.29, 1.82) is 0 Å². The highest BCUT2D eigenvalue weighted by molar-refractivity contribution is 5.80. The predicted molar refractivity (Wildman–Crippen MR) is 104 cm³/mol. The van der Waals surface area contributed by atoms with Crippen LogP contribution in [0.3, 0.4) is 0 Å². The maximum Gasteiger partial charge on any atom is 0.234 e. The number of rotatable bonds is 6. The van der Waals surface area contributed by atoms with E-state index in [1.165, 1.54) is 11.1 Å². The lowest BCUT2D eigenvalue weighted by atomic mass is 9.93. The molecule has 0 bridgehead atoms. The zero-order valence-electron chi connectivity index (χ0n) is 16.4. The molecular weight excluding hydrogens is 342 g/mol. The van der Waals surface area contributed by atoms with Crippen LogP contribution in [0.15, 0.2) is 24.3 Å². The highest BCUT2D eigenvalue weighted by Gasteiger charge is 2.30. The predicted octanol–water partition coefficient (Wildman–Crippen LogP) is 1.43. The van der Waals surface area contributed by atoms with Crippen molar-refractivity contribution >= 4 is 11.8 Å². The first-order valence-corrected chi connectivity index (χ1v) is 9.93. The summed E-state index contributed by atoms with van der Waals surface area (Å²) in [5.41, 5.74) is 2.64. The molecule has 2 amide bonds. The largest absolute Gasteiger partial charge is 0.383 e. The number of piperidine rings is 1. The van der Waals surface area contributed by atoms with Gasteiger partial charge in [0, 0.05) is 32.2 Å². The van der Waals surface area contributed by atoms with Crippen LogP contribution in [0.5, 0.6) is 0 Å². The lowest BCUT2D eigenvalue weighted by Crippen LogP contribution is -2.47. The monoisotopic (exact) mass is 373 g/mol. The summed E-state index contributed by atoms with van der Waals surface area (Å²) in [4.78, 5) is 29.2. The summed E-state index contributed by atoms with van der Waals surface area (Å²) in [5.74, 6) is 0.390. The van der Waals surface area contributed by atoms with Crippen LogP contribution >= 0.6 is 0 Å². The third-order valence-electron chi connectivity index (χ3n) is 5.57. The number of ether oxygens (including phenoxy) is 1. The van der Waals surface area contributed by atoms with E-state index in [4.69, 9.17) is 4.74 Å². The average molecular weight is 373 g/mol. The van der Waals surface area contributed by atoms with E-state index >= 15 is 0 Å². The van der Waals surface area contributed by atoms with Gasteiger partial charge in [-0.3, -0.25) is 14.5 Å². The molecule has 6 heteroatoms. The molecule has 1 fully saturated rings. The molecule has 0 unspecified atom stereocenters. The molecule has 148 valence electrons. The van der Waals surface area contributed by atoms with Gasteiger partial charge in [-0.2, -0.15) is 0 Å². The lowest BCUT2D eigenvalue weighted by molar-refractivity contribution is -0.138. The third kappa shape index (κ3) is 5.30. The van der Waals surface area contributed by atoms with Crippen LogP contribution in [-0.2, 0) is 27.3 Å². The number of carbonyl (C=O) groups excluding carboxylic acids is 2. The van der Waals surface area contributed by atoms with Crippen molar-refractivity contribution in [2.24, 2.45) is 5.92 Å². The molecule has 0 aliphatic carbocycles. The molecule has 0 saturated carbocycles. The van der Waals surface area contributed by atoms with Crippen LogP contribution in [0.25, 0.3) is 0 Å². The van der Waals surface area contributed by atoms with Gasteiger partial charge in [-0.05, 0) is 50.4 Å². The summed E-state index contributed by atoms with van der Waals surface area (Å²) in [6, 6.07) is 8.42. The van der Waals surface area contributed by atoms with Crippen molar-refractivity contribution in [1.82, 2.24) is 15.1 Å². The zero-order chi connectivity index (χ0) is 19.2. The van der Waals surface area contributed by atoms with E-state index in [0.29, 0.717) is 13.2 Å². The minimum Gasteiger partial charge on any atom is -0.383 e. The van der Waals surface area contributed by atoms with E-state index in [1.54, 1.807) is 7.11 Å². The summed E-state index contributed by atoms with van der Waals surface area (Å²) >= 11 is 0. The molecule has 6 nitrogen and oxygen atoms in total. The quantitative estimate of drug-likeness (QED) is 0.820. The van der Waals surface area contributed by atoms with Gasteiger partial charge in [-0.15, -0.1) is 0 Å². The normalized spacial score (nSPS) is 19.4. The molecule has 2 aliphatic rings. The number of nitrogens with zero attached hydrogens (tertiary/aromatic N) is 2. The van der Waals surface area contributed by atoms with Gasteiger partial charge in [0.05, 0.1) is 13.2 Å². The first kappa shape index (κ1) is 19.8. The Labute approximate surface area is 161 Å². The van der Waals surface area contributed by atoms with Gasteiger partial charge in [0.25, 0.3) is 0 Å². The summed E-state index contributed by atoms with van der Waals surface area (Å²) in [6.45, 7) is 5.99. The molecule has 1 atom stereocenters. The van der Waals surface area contributed by atoms with Crippen LogP contribution in [0.1, 0.15) is 30.9 Å². The zero-order valence-corrected chi connectivity index (χ0v) is 16.4. The highest BCUT2D eigenvalue weighted by Crippen LogP contribution is 2.24. The number of nitrogens with one attached hydrogen (secondary N) is 1. The number of carbonyl (C=O) groups is 2. The number of benzene rings is 1. The highest BCUT2D eigenvalue weighted by atomic mass is 16.5. The van der Waals surface area contributed by atoms with E-state index in [2.05, 4.69) is 28.4 Å². The Morgan fingerprint density at radius 3 is 2.59 bits per heavy atom. The molecule has 27 heavy (non-hydrogen) atoms. The number of fused-ring (bicyclic) bond motifs is 1. The number of hydrogen-bond donors (Lipinski definition) is 1. The van der Waals surface area contributed by atoms with Gasteiger partial charge in [-0.25, -0.2) is 0 Å². The fraction of sp³-hybridized carbons (Fsp3) is 0.619. The van der Waals surface area contributed by atoms with E-state index in [-0.39, 0.29) is 23.8 Å². The number of likely N-dealkylation sites (tertiary alicyclic amines) is 1. The Bertz CT molecular complexity index is 656. The fourth-order valence-corrected chi connectivity index (χ4v) is 4.10. The molecule has 1 saturated heterocycles. The maximum absolute atomic E-state index is 12.9. The van der Waals surface area contributed by atoms with E-state index in [9.17, 15) is 9.59 Å². The Kier molecular flexibility index (Phi) is 6.85. The van der Waals surface area contributed by atoms with Gasteiger partial charge >= 0.3 is 0 Å². The van der Waals surface area contributed by atoms with Crippen molar-refractivity contribution in [2.75, 3.05) is 39.9 Å². The molecule has 0 aromatic heterocycles.